The Kier molecular flexibility index (Phi) is 4.74. The number of fused-ring (bicyclic) bond motifs is 1. The van der Waals surface area contributed by atoms with Gasteiger partial charge in [-0.3, -0.25) is 9.20 Å². The number of carbonyl (C=O) groups is 1. The molecule has 3 aromatic rings. The molecular weight excluding hydrogens is 381 g/mol. The van der Waals surface area contributed by atoms with Gasteiger partial charge >= 0.3 is 6.18 Å². The molecule has 0 radical (unpaired) electrons. The lowest BCUT2D eigenvalue weighted by molar-refractivity contribution is -0.137. The van der Waals surface area contributed by atoms with E-state index in [-0.39, 0.29) is 17.6 Å². The number of aromatic nitrogens is 2. The molecule has 0 bridgehead atoms. The largest absolute Gasteiger partial charge is 0.416 e. The van der Waals surface area contributed by atoms with Crippen LogP contribution in [0.4, 0.5) is 13.2 Å². The van der Waals surface area contributed by atoms with Gasteiger partial charge in [-0.15, -0.1) is 0 Å². The number of nitriles is 1. The number of benzene rings is 1. The molecule has 29 heavy (non-hydrogen) atoms. The second-order valence-corrected chi connectivity index (χ2v) is 7.01. The highest BCUT2D eigenvalue weighted by Crippen LogP contribution is 2.33. The first kappa shape index (κ1) is 19.0. The van der Waals surface area contributed by atoms with E-state index in [4.69, 9.17) is 5.26 Å². The summed E-state index contributed by atoms with van der Waals surface area (Å²) < 4.78 is 41.0. The highest BCUT2D eigenvalue weighted by atomic mass is 19.4. The lowest BCUT2D eigenvalue weighted by atomic mass is 9.98. The zero-order valence-electron chi connectivity index (χ0n) is 15.4. The SMILES string of the molecule is N#CC1CCN(C(=O)c2nc(-c3cccc(C(F)(F)F)c3)c3ccccn23)CC1. The van der Waals surface area contributed by atoms with Gasteiger partial charge in [-0.1, -0.05) is 18.2 Å². The maximum atomic E-state index is 13.1. The molecular formula is C21H17F3N4O. The summed E-state index contributed by atoms with van der Waals surface area (Å²) in [7, 11) is 0. The van der Waals surface area contributed by atoms with E-state index < -0.39 is 11.7 Å². The van der Waals surface area contributed by atoms with E-state index >= 15 is 0 Å². The first-order valence-corrected chi connectivity index (χ1v) is 9.22. The Morgan fingerprint density at radius 1 is 1.14 bits per heavy atom. The van der Waals surface area contributed by atoms with Crippen molar-refractivity contribution in [3.63, 3.8) is 0 Å². The highest BCUT2D eigenvalue weighted by molar-refractivity contribution is 5.94. The van der Waals surface area contributed by atoms with Crippen LogP contribution in [0.2, 0.25) is 0 Å². The lowest BCUT2D eigenvalue weighted by Crippen LogP contribution is -2.39. The molecule has 1 fully saturated rings. The van der Waals surface area contributed by atoms with Crippen LogP contribution in [0.25, 0.3) is 16.8 Å². The van der Waals surface area contributed by atoms with Crippen molar-refractivity contribution in [3.05, 3.63) is 60.0 Å². The molecule has 8 heteroatoms. The number of amides is 1. The second-order valence-electron chi connectivity index (χ2n) is 7.01. The molecule has 0 atom stereocenters. The number of halogens is 3. The van der Waals surface area contributed by atoms with Gasteiger partial charge in [-0.05, 0) is 37.1 Å². The summed E-state index contributed by atoms with van der Waals surface area (Å²) >= 11 is 0. The molecule has 1 saturated heterocycles. The monoisotopic (exact) mass is 398 g/mol. The summed E-state index contributed by atoms with van der Waals surface area (Å²) in [4.78, 5) is 19.1. The molecule has 0 saturated carbocycles. The molecule has 0 spiro atoms. The van der Waals surface area contributed by atoms with Crippen LogP contribution in [0.15, 0.2) is 48.7 Å². The molecule has 5 nitrogen and oxygen atoms in total. The van der Waals surface area contributed by atoms with E-state index in [1.165, 1.54) is 6.07 Å². The fourth-order valence-corrected chi connectivity index (χ4v) is 3.60. The molecule has 1 aliphatic rings. The van der Waals surface area contributed by atoms with E-state index in [1.807, 2.05) is 0 Å². The van der Waals surface area contributed by atoms with Crippen LogP contribution in [0, 0.1) is 17.2 Å². The van der Waals surface area contributed by atoms with Crippen molar-refractivity contribution < 1.29 is 18.0 Å². The summed E-state index contributed by atoms with van der Waals surface area (Å²) in [6.45, 7) is 0.912. The predicted octanol–water partition coefficient (Wildman–Crippen LogP) is 4.40. The molecule has 1 aromatic carbocycles. The molecule has 4 rings (SSSR count). The summed E-state index contributed by atoms with van der Waals surface area (Å²) in [5.74, 6) is -0.194. The smallest absolute Gasteiger partial charge is 0.336 e. The van der Waals surface area contributed by atoms with Gasteiger partial charge in [-0.25, -0.2) is 4.98 Å². The lowest BCUT2D eigenvalue weighted by Gasteiger charge is -2.28. The van der Waals surface area contributed by atoms with Gasteiger partial charge in [-0.2, -0.15) is 18.4 Å². The number of rotatable bonds is 2. The van der Waals surface area contributed by atoms with Crippen LogP contribution in [0.1, 0.15) is 29.0 Å². The minimum absolute atomic E-state index is 0.0586. The van der Waals surface area contributed by atoms with Crippen molar-refractivity contribution >= 4 is 11.4 Å². The number of alkyl halides is 3. The molecule has 1 aliphatic heterocycles. The van der Waals surface area contributed by atoms with E-state index in [0.29, 0.717) is 42.7 Å². The Bertz CT molecular complexity index is 1110. The maximum absolute atomic E-state index is 13.1. The minimum Gasteiger partial charge on any atom is -0.336 e. The fourth-order valence-electron chi connectivity index (χ4n) is 3.60. The number of carbonyl (C=O) groups excluding carboxylic acids is 1. The average molecular weight is 398 g/mol. The number of likely N-dealkylation sites (tertiary alicyclic amines) is 1. The number of nitrogens with zero attached hydrogens (tertiary/aromatic N) is 4. The Labute approximate surface area is 165 Å². The van der Waals surface area contributed by atoms with Crippen molar-refractivity contribution in [1.82, 2.24) is 14.3 Å². The fraction of sp³-hybridized carbons (Fsp3) is 0.286. The summed E-state index contributed by atoms with van der Waals surface area (Å²) in [5.41, 5.74) is 0.415. The zero-order chi connectivity index (χ0) is 20.6. The molecule has 0 aliphatic carbocycles. The van der Waals surface area contributed by atoms with Crippen LogP contribution in [-0.2, 0) is 6.18 Å². The van der Waals surface area contributed by atoms with Gasteiger partial charge in [0.25, 0.3) is 5.91 Å². The van der Waals surface area contributed by atoms with Crippen LogP contribution in [0.3, 0.4) is 0 Å². The van der Waals surface area contributed by atoms with Crippen molar-refractivity contribution in [2.75, 3.05) is 13.1 Å². The molecule has 1 amide bonds. The standard InChI is InChI=1S/C21H17F3N4O/c22-21(23,24)16-5-3-4-15(12-16)18-17-6-1-2-9-28(17)19(26-18)20(29)27-10-7-14(13-25)8-11-27/h1-6,9,12,14H,7-8,10-11H2. The quantitative estimate of drug-likeness (QED) is 0.643. The molecule has 3 heterocycles. The van der Waals surface area contributed by atoms with Crippen LogP contribution in [0.5, 0.6) is 0 Å². The number of pyridine rings is 1. The summed E-state index contributed by atoms with van der Waals surface area (Å²) in [6, 6.07) is 12.4. The normalized spacial score (nSPS) is 15.4. The minimum atomic E-state index is -4.46. The second kappa shape index (κ2) is 7.24. The third-order valence-corrected chi connectivity index (χ3v) is 5.17. The average Bonchev–Trinajstić information content (AvgIpc) is 3.12. The van der Waals surface area contributed by atoms with Gasteiger partial charge in [0.1, 0.15) is 0 Å². The van der Waals surface area contributed by atoms with Crippen LogP contribution < -0.4 is 0 Å². The Hall–Kier alpha value is -3.34. The summed E-state index contributed by atoms with van der Waals surface area (Å²) in [6.07, 6.45) is -1.58. The van der Waals surface area contributed by atoms with Gasteiger partial charge in [0, 0.05) is 30.8 Å². The zero-order valence-corrected chi connectivity index (χ0v) is 15.4. The van der Waals surface area contributed by atoms with Crippen LogP contribution in [-0.4, -0.2) is 33.3 Å². The maximum Gasteiger partial charge on any atom is 0.416 e. The summed E-state index contributed by atoms with van der Waals surface area (Å²) in [5, 5.41) is 9.03. The number of hydrogen-bond donors (Lipinski definition) is 0. The topological polar surface area (TPSA) is 61.4 Å². The van der Waals surface area contributed by atoms with Gasteiger partial charge in [0.2, 0.25) is 5.82 Å². The first-order valence-electron chi connectivity index (χ1n) is 9.22. The predicted molar refractivity (Wildman–Crippen MR) is 99.9 cm³/mol. The van der Waals surface area contributed by atoms with Crippen molar-refractivity contribution in [3.8, 4) is 17.3 Å². The number of hydrogen-bond acceptors (Lipinski definition) is 3. The Morgan fingerprint density at radius 2 is 1.90 bits per heavy atom. The third-order valence-electron chi connectivity index (χ3n) is 5.17. The van der Waals surface area contributed by atoms with E-state index in [0.717, 1.165) is 12.1 Å². The molecule has 2 aromatic heterocycles. The molecule has 0 N–H and O–H groups in total. The van der Waals surface area contributed by atoms with Crippen molar-refractivity contribution in [2.24, 2.45) is 5.92 Å². The third kappa shape index (κ3) is 3.56. The van der Waals surface area contributed by atoms with E-state index in [9.17, 15) is 18.0 Å². The Morgan fingerprint density at radius 3 is 2.59 bits per heavy atom. The van der Waals surface area contributed by atoms with E-state index in [2.05, 4.69) is 11.1 Å². The van der Waals surface area contributed by atoms with Crippen molar-refractivity contribution in [2.45, 2.75) is 19.0 Å². The highest BCUT2D eigenvalue weighted by Gasteiger charge is 2.31. The van der Waals surface area contributed by atoms with Gasteiger partial charge in [0.05, 0.1) is 22.8 Å². The molecule has 0 unspecified atom stereocenters. The number of piperidine rings is 1. The first-order chi connectivity index (χ1) is 13.9. The van der Waals surface area contributed by atoms with Gasteiger partial charge < -0.3 is 4.90 Å². The van der Waals surface area contributed by atoms with Crippen LogP contribution >= 0.6 is 0 Å². The Balaban J connectivity index is 1.75. The molecule has 148 valence electrons. The van der Waals surface area contributed by atoms with Crippen molar-refractivity contribution in [1.29, 1.82) is 5.26 Å². The van der Waals surface area contributed by atoms with E-state index in [1.54, 1.807) is 39.8 Å². The van der Waals surface area contributed by atoms with Gasteiger partial charge in [0.15, 0.2) is 0 Å². The number of imidazole rings is 1.